The maximum Gasteiger partial charge on any atom is 0.170 e. The summed E-state index contributed by atoms with van der Waals surface area (Å²) in [6.45, 7) is 7.61. The van der Waals surface area contributed by atoms with Crippen molar-refractivity contribution in [1.29, 1.82) is 0 Å². The molecule has 1 aliphatic rings. The lowest BCUT2D eigenvalue weighted by molar-refractivity contribution is 0.148. The van der Waals surface area contributed by atoms with Gasteiger partial charge in [-0.25, -0.2) is 4.39 Å². The molecule has 1 saturated heterocycles. The molecule has 0 unspecified atom stereocenters. The third-order valence-electron chi connectivity index (χ3n) is 4.18. The molecule has 1 heterocycles. The molecule has 0 aromatic heterocycles. The van der Waals surface area contributed by atoms with Crippen molar-refractivity contribution in [3.8, 4) is 0 Å². The van der Waals surface area contributed by atoms with Gasteiger partial charge in [-0.3, -0.25) is 4.90 Å². The number of anilines is 1. The molecule has 6 heteroatoms. The standard InChI is InChI=1S/C16H23ClFN3S/c1-11-5-7-21(8-6-11)12(2)10-19-16(22)20-13-3-4-15(18)14(17)9-13/h3-4,9,11-12H,5-8,10H2,1-2H3,(H2,19,20,22)/t12-/m1/s1. The largest absolute Gasteiger partial charge is 0.361 e. The first-order valence-corrected chi connectivity index (χ1v) is 8.48. The molecule has 0 amide bonds. The summed E-state index contributed by atoms with van der Waals surface area (Å²) in [5.41, 5.74) is 0.684. The van der Waals surface area contributed by atoms with Crippen LogP contribution in [0.5, 0.6) is 0 Å². The van der Waals surface area contributed by atoms with Gasteiger partial charge < -0.3 is 10.6 Å². The first-order valence-electron chi connectivity index (χ1n) is 7.69. The van der Waals surface area contributed by atoms with Crippen molar-refractivity contribution in [3.63, 3.8) is 0 Å². The van der Waals surface area contributed by atoms with Gasteiger partial charge in [0.05, 0.1) is 5.02 Å². The van der Waals surface area contributed by atoms with Crippen LogP contribution in [-0.4, -0.2) is 35.7 Å². The third kappa shape index (κ3) is 5.07. The van der Waals surface area contributed by atoms with E-state index in [4.69, 9.17) is 23.8 Å². The van der Waals surface area contributed by atoms with Gasteiger partial charge in [-0.05, 0) is 69.2 Å². The highest BCUT2D eigenvalue weighted by Gasteiger charge is 2.20. The molecule has 0 saturated carbocycles. The van der Waals surface area contributed by atoms with Crippen molar-refractivity contribution >= 4 is 34.6 Å². The third-order valence-corrected chi connectivity index (χ3v) is 4.71. The zero-order valence-corrected chi connectivity index (χ0v) is 14.6. The molecule has 0 radical (unpaired) electrons. The summed E-state index contributed by atoms with van der Waals surface area (Å²) in [7, 11) is 0. The monoisotopic (exact) mass is 343 g/mol. The summed E-state index contributed by atoms with van der Waals surface area (Å²) in [4.78, 5) is 2.49. The lowest BCUT2D eigenvalue weighted by atomic mass is 9.98. The molecule has 3 nitrogen and oxygen atoms in total. The first kappa shape index (κ1) is 17.4. The number of thiocarbonyl (C=S) groups is 1. The van der Waals surface area contributed by atoms with Crippen LogP contribution in [0.25, 0.3) is 0 Å². The maximum atomic E-state index is 13.1. The molecule has 0 spiro atoms. The van der Waals surface area contributed by atoms with Gasteiger partial charge in [0.1, 0.15) is 5.82 Å². The van der Waals surface area contributed by atoms with Gasteiger partial charge in [-0.15, -0.1) is 0 Å². The second-order valence-corrected chi connectivity index (χ2v) is 6.85. The molecule has 2 N–H and O–H groups in total. The van der Waals surface area contributed by atoms with Crippen LogP contribution in [0.2, 0.25) is 5.02 Å². The molecule has 2 rings (SSSR count). The number of nitrogens with one attached hydrogen (secondary N) is 2. The molecule has 22 heavy (non-hydrogen) atoms. The van der Waals surface area contributed by atoms with Crippen molar-refractivity contribution in [2.45, 2.75) is 32.7 Å². The lowest BCUT2D eigenvalue weighted by Gasteiger charge is -2.35. The van der Waals surface area contributed by atoms with Crippen molar-refractivity contribution in [2.75, 3.05) is 25.0 Å². The Morgan fingerprint density at radius 1 is 1.45 bits per heavy atom. The van der Waals surface area contributed by atoms with Crippen LogP contribution in [0.4, 0.5) is 10.1 Å². The molecule has 1 aromatic rings. The van der Waals surface area contributed by atoms with E-state index in [0.717, 1.165) is 25.6 Å². The number of hydrogen-bond acceptors (Lipinski definition) is 2. The molecular weight excluding hydrogens is 321 g/mol. The highest BCUT2D eigenvalue weighted by molar-refractivity contribution is 7.80. The number of benzene rings is 1. The molecule has 0 bridgehead atoms. The van der Waals surface area contributed by atoms with E-state index in [1.807, 2.05) is 0 Å². The van der Waals surface area contributed by atoms with Crippen LogP contribution < -0.4 is 10.6 Å². The second kappa shape index (κ2) is 8.09. The van der Waals surface area contributed by atoms with Crippen LogP contribution in [0.15, 0.2) is 18.2 Å². The van der Waals surface area contributed by atoms with Crippen LogP contribution in [-0.2, 0) is 0 Å². The summed E-state index contributed by atoms with van der Waals surface area (Å²) in [5.74, 6) is 0.404. The van der Waals surface area contributed by atoms with E-state index in [2.05, 4.69) is 29.4 Å². The highest BCUT2D eigenvalue weighted by Crippen LogP contribution is 2.19. The quantitative estimate of drug-likeness (QED) is 0.811. The predicted octanol–water partition coefficient (Wildman–Crippen LogP) is 3.89. The van der Waals surface area contributed by atoms with E-state index in [9.17, 15) is 4.39 Å². The number of rotatable bonds is 4. The van der Waals surface area contributed by atoms with Gasteiger partial charge in [-0.2, -0.15) is 0 Å². The topological polar surface area (TPSA) is 27.3 Å². The van der Waals surface area contributed by atoms with Gasteiger partial charge in [-0.1, -0.05) is 18.5 Å². The van der Waals surface area contributed by atoms with E-state index >= 15 is 0 Å². The first-order chi connectivity index (χ1) is 10.5. The van der Waals surface area contributed by atoms with Crippen molar-refractivity contribution in [2.24, 2.45) is 5.92 Å². The fraction of sp³-hybridized carbons (Fsp3) is 0.562. The molecule has 0 aliphatic carbocycles. The minimum Gasteiger partial charge on any atom is -0.361 e. The highest BCUT2D eigenvalue weighted by atomic mass is 35.5. The Hall–Kier alpha value is -0.910. The minimum absolute atomic E-state index is 0.0867. The summed E-state index contributed by atoms with van der Waals surface area (Å²) >= 11 is 11.0. The fourth-order valence-corrected chi connectivity index (χ4v) is 2.97. The fourth-order valence-electron chi connectivity index (χ4n) is 2.59. The maximum absolute atomic E-state index is 13.1. The summed E-state index contributed by atoms with van der Waals surface area (Å²) in [6.07, 6.45) is 2.53. The number of hydrogen-bond donors (Lipinski definition) is 2. The van der Waals surface area contributed by atoms with Gasteiger partial charge in [0.15, 0.2) is 5.11 Å². The number of nitrogens with zero attached hydrogens (tertiary/aromatic N) is 1. The van der Waals surface area contributed by atoms with Crippen LogP contribution in [0.1, 0.15) is 26.7 Å². The van der Waals surface area contributed by atoms with Gasteiger partial charge in [0, 0.05) is 18.3 Å². The molecule has 1 atom stereocenters. The van der Waals surface area contributed by atoms with E-state index < -0.39 is 5.82 Å². The van der Waals surface area contributed by atoms with E-state index in [1.165, 1.54) is 25.0 Å². The Labute approximate surface area is 142 Å². The van der Waals surface area contributed by atoms with Gasteiger partial charge in [0.25, 0.3) is 0 Å². The summed E-state index contributed by atoms with van der Waals surface area (Å²) < 4.78 is 13.1. The van der Waals surface area contributed by atoms with E-state index in [0.29, 0.717) is 16.8 Å². The average Bonchev–Trinajstić information content (AvgIpc) is 2.49. The van der Waals surface area contributed by atoms with Crippen LogP contribution in [0, 0.1) is 11.7 Å². The summed E-state index contributed by atoms with van der Waals surface area (Å²) in [5, 5.41) is 6.86. The Morgan fingerprint density at radius 3 is 2.77 bits per heavy atom. The molecule has 1 aromatic carbocycles. The Kier molecular flexibility index (Phi) is 6.41. The SMILES string of the molecule is CC1CCN([C@H](C)CNC(=S)Nc2ccc(F)c(Cl)c2)CC1. The Bertz CT molecular complexity index is 518. The van der Waals surface area contributed by atoms with Crippen LogP contribution in [0.3, 0.4) is 0 Å². The van der Waals surface area contributed by atoms with Crippen LogP contribution >= 0.6 is 23.8 Å². The van der Waals surface area contributed by atoms with Crippen molar-refractivity contribution in [3.05, 3.63) is 29.0 Å². The lowest BCUT2D eigenvalue weighted by Crippen LogP contribution is -2.46. The predicted molar refractivity (Wildman–Crippen MR) is 95.1 cm³/mol. The van der Waals surface area contributed by atoms with E-state index in [1.54, 1.807) is 6.07 Å². The molecule has 1 aliphatic heterocycles. The smallest absolute Gasteiger partial charge is 0.170 e. The molecule has 1 fully saturated rings. The zero-order valence-electron chi connectivity index (χ0n) is 13.0. The number of likely N-dealkylation sites (tertiary alicyclic amines) is 1. The molecular formula is C16H23ClFN3S. The number of piperidine rings is 1. The zero-order chi connectivity index (χ0) is 16.1. The summed E-state index contributed by atoms with van der Waals surface area (Å²) in [6, 6.07) is 4.90. The van der Waals surface area contributed by atoms with E-state index in [-0.39, 0.29) is 5.02 Å². The van der Waals surface area contributed by atoms with Crippen molar-refractivity contribution in [1.82, 2.24) is 10.2 Å². The minimum atomic E-state index is -0.431. The van der Waals surface area contributed by atoms with Gasteiger partial charge >= 0.3 is 0 Å². The normalized spacial score (nSPS) is 18.0. The Morgan fingerprint density at radius 2 is 2.14 bits per heavy atom. The average molecular weight is 344 g/mol. The van der Waals surface area contributed by atoms with Gasteiger partial charge in [0.2, 0.25) is 0 Å². The van der Waals surface area contributed by atoms with Crippen molar-refractivity contribution < 1.29 is 4.39 Å². The second-order valence-electron chi connectivity index (χ2n) is 6.03. The number of halogens is 2. The Balaban J connectivity index is 1.76. The molecule has 122 valence electrons.